The van der Waals surface area contributed by atoms with E-state index in [2.05, 4.69) is 27.9 Å². The van der Waals surface area contributed by atoms with Crippen molar-refractivity contribution in [2.24, 2.45) is 0 Å². The molecule has 0 bridgehead atoms. The van der Waals surface area contributed by atoms with Gasteiger partial charge in [0.1, 0.15) is 0 Å². The summed E-state index contributed by atoms with van der Waals surface area (Å²) in [5.74, 6) is 0. The van der Waals surface area contributed by atoms with Crippen molar-refractivity contribution >= 4 is 0 Å². The predicted molar refractivity (Wildman–Crippen MR) is 61.4 cm³/mol. The average molecular weight is 261 g/mol. The Kier molecular flexibility index (Phi) is 11.1. The van der Waals surface area contributed by atoms with Crippen LogP contribution in [-0.2, 0) is 17.1 Å². The van der Waals surface area contributed by atoms with E-state index in [0.717, 1.165) is 58.8 Å². The van der Waals surface area contributed by atoms with Crippen LogP contribution in [0.2, 0.25) is 0 Å². The average Bonchev–Trinajstić information content (AvgIpc) is 2.20. The zero-order valence-corrected chi connectivity index (χ0v) is 10.4. The Hall–Kier alpha value is 0.359. The van der Waals surface area contributed by atoms with Gasteiger partial charge in [0, 0.05) is 17.1 Å². The van der Waals surface area contributed by atoms with Crippen molar-refractivity contribution in [2.75, 3.05) is 59.4 Å². The maximum absolute atomic E-state index is 4.45. The largest absolute Gasteiger partial charge is 0.664 e. The molecule has 0 aromatic carbocycles. The van der Waals surface area contributed by atoms with E-state index >= 15 is 0 Å². The van der Waals surface area contributed by atoms with Crippen LogP contribution in [0.5, 0.6) is 0 Å². The third-order valence-corrected chi connectivity index (χ3v) is 2.33. The Labute approximate surface area is 104 Å². The summed E-state index contributed by atoms with van der Waals surface area (Å²) in [6, 6.07) is 0. The third kappa shape index (κ3) is 9.30. The van der Waals surface area contributed by atoms with Crippen LogP contribution in [0, 0.1) is 0 Å². The molecule has 95 valence electrons. The molecule has 0 aromatic heterocycles. The summed E-state index contributed by atoms with van der Waals surface area (Å²) in [5.41, 5.74) is 0. The second-order valence-corrected chi connectivity index (χ2v) is 3.67. The predicted octanol–water partition coefficient (Wildman–Crippen LogP) is 1.44. The number of nitrogens with zero attached hydrogens (tertiary/aromatic N) is 4. The van der Waals surface area contributed by atoms with Gasteiger partial charge in [0.2, 0.25) is 0 Å². The fourth-order valence-electron chi connectivity index (χ4n) is 1.37. The van der Waals surface area contributed by atoms with Crippen LogP contribution in [0.25, 0.3) is 16.0 Å². The molecule has 0 amide bonds. The van der Waals surface area contributed by atoms with Crippen molar-refractivity contribution in [3.05, 3.63) is 16.0 Å². The number of likely N-dealkylation sites (N-methyl/N-ethyl adjacent to an activating group) is 1. The fourth-order valence-corrected chi connectivity index (χ4v) is 1.37. The van der Waals surface area contributed by atoms with Gasteiger partial charge in [-0.3, -0.25) is 0 Å². The number of hydrogen-bond donors (Lipinski definition) is 0. The summed E-state index contributed by atoms with van der Waals surface area (Å²) in [6.45, 7) is 7.71. The zero-order chi connectivity index (χ0) is 10.1. The van der Waals surface area contributed by atoms with Crippen LogP contribution in [0.4, 0.5) is 0 Å². The smallest absolute Gasteiger partial charge is 0 e. The van der Waals surface area contributed by atoms with Crippen molar-refractivity contribution in [1.82, 2.24) is 4.90 Å². The van der Waals surface area contributed by atoms with Crippen molar-refractivity contribution < 1.29 is 17.1 Å². The Morgan fingerprint density at radius 1 is 0.733 bits per heavy atom. The molecule has 0 N–H and O–H groups in total. The minimum Gasteiger partial charge on any atom is -0.664 e. The molecule has 1 aliphatic rings. The number of rotatable bonds is 0. The molecule has 0 spiro atoms. The molecule has 1 aliphatic heterocycles. The molecular formula is C10H21CuN4-3. The first kappa shape index (κ1) is 15.4. The Bertz CT molecular complexity index is 121. The second-order valence-electron chi connectivity index (χ2n) is 3.67. The summed E-state index contributed by atoms with van der Waals surface area (Å²) in [7, 11) is 2.13. The molecule has 15 heavy (non-hydrogen) atoms. The maximum Gasteiger partial charge on any atom is 0 e. The van der Waals surface area contributed by atoms with E-state index in [4.69, 9.17) is 0 Å². The van der Waals surface area contributed by atoms with Crippen molar-refractivity contribution in [2.45, 2.75) is 6.42 Å². The first-order valence-electron chi connectivity index (χ1n) is 5.48. The monoisotopic (exact) mass is 261 g/mol. The van der Waals surface area contributed by atoms with E-state index in [0.29, 0.717) is 0 Å². The van der Waals surface area contributed by atoms with Gasteiger partial charge in [-0.1, -0.05) is 6.42 Å². The zero-order valence-electron chi connectivity index (χ0n) is 9.45. The van der Waals surface area contributed by atoms with Crippen molar-refractivity contribution in [3.8, 4) is 0 Å². The van der Waals surface area contributed by atoms with Crippen LogP contribution in [0.15, 0.2) is 0 Å². The molecule has 1 rings (SSSR count). The van der Waals surface area contributed by atoms with E-state index < -0.39 is 0 Å². The van der Waals surface area contributed by atoms with Crippen molar-refractivity contribution in [1.29, 1.82) is 0 Å². The third-order valence-electron chi connectivity index (χ3n) is 2.33. The van der Waals surface area contributed by atoms with Crippen LogP contribution >= 0.6 is 0 Å². The summed E-state index contributed by atoms with van der Waals surface area (Å²) in [6.07, 6.45) is 1.10. The van der Waals surface area contributed by atoms with E-state index in [-0.39, 0.29) is 17.1 Å². The van der Waals surface area contributed by atoms with E-state index in [1.54, 1.807) is 0 Å². The number of hydrogen-bond acceptors (Lipinski definition) is 1. The summed E-state index contributed by atoms with van der Waals surface area (Å²) in [5, 5.41) is 13.3. The molecule has 1 fully saturated rings. The van der Waals surface area contributed by atoms with Gasteiger partial charge in [-0.2, -0.15) is 26.2 Å². The molecule has 1 radical (unpaired) electrons. The van der Waals surface area contributed by atoms with Crippen LogP contribution < -0.4 is 0 Å². The van der Waals surface area contributed by atoms with Gasteiger partial charge >= 0.3 is 0 Å². The molecule has 4 nitrogen and oxygen atoms in total. The molecule has 1 heterocycles. The van der Waals surface area contributed by atoms with E-state index in [1.807, 2.05) is 0 Å². The van der Waals surface area contributed by atoms with Crippen LogP contribution in [0.1, 0.15) is 6.42 Å². The quantitative estimate of drug-likeness (QED) is 0.608. The molecule has 1 saturated heterocycles. The second kappa shape index (κ2) is 10.9. The molecule has 0 atom stereocenters. The minimum absolute atomic E-state index is 0. The van der Waals surface area contributed by atoms with Gasteiger partial charge in [0.05, 0.1) is 0 Å². The Morgan fingerprint density at radius 3 is 1.80 bits per heavy atom. The summed E-state index contributed by atoms with van der Waals surface area (Å²) < 4.78 is 0. The SMILES string of the molecule is CN1CC[N-]CCC[N-]CC[N-]CC1.[64Cu]. The van der Waals surface area contributed by atoms with Gasteiger partial charge in [-0.05, 0) is 20.1 Å². The molecule has 0 aliphatic carbocycles. The summed E-state index contributed by atoms with van der Waals surface area (Å²) in [4.78, 5) is 2.29. The minimum atomic E-state index is 0. The molecule has 0 saturated carbocycles. The normalized spacial score (nSPS) is 23.0. The molecule has 0 aromatic rings. The van der Waals surface area contributed by atoms with E-state index in [9.17, 15) is 0 Å². The Morgan fingerprint density at radius 2 is 1.20 bits per heavy atom. The van der Waals surface area contributed by atoms with Crippen LogP contribution in [-0.4, -0.2) is 64.3 Å². The Balaban J connectivity index is 0.00000196. The standard InChI is InChI=1S/C10H21N4.Cu/c1-14-9-7-12-4-2-3-11-5-6-13-8-10-14;/h2-10H2,1H3;/q-3;/i;1+0. The van der Waals surface area contributed by atoms with Gasteiger partial charge in [-0.15, -0.1) is 13.1 Å². The van der Waals surface area contributed by atoms with Gasteiger partial charge in [0.15, 0.2) is 0 Å². The molecular weight excluding hydrogens is 240 g/mol. The van der Waals surface area contributed by atoms with Crippen LogP contribution in [0.3, 0.4) is 0 Å². The molecule has 5 heteroatoms. The van der Waals surface area contributed by atoms with Gasteiger partial charge in [0.25, 0.3) is 0 Å². The topological polar surface area (TPSA) is 45.5 Å². The van der Waals surface area contributed by atoms with Crippen molar-refractivity contribution in [3.63, 3.8) is 0 Å². The first-order valence-corrected chi connectivity index (χ1v) is 5.48. The fraction of sp³-hybridized carbons (Fsp3) is 1.00. The summed E-state index contributed by atoms with van der Waals surface area (Å²) >= 11 is 0. The maximum atomic E-state index is 4.45. The van der Waals surface area contributed by atoms with E-state index in [1.165, 1.54) is 0 Å². The van der Waals surface area contributed by atoms with Gasteiger partial charge < -0.3 is 20.9 Å². The molecule has 0 unspecified atom stereocenters. The van der Waals surface area contributed by atoms with Gasteiger partial charge in [-0.25, -0.2) is 0 Å². The first-order chi connectivity index (χ1) is 6.89.